The lowest BCUT2D eigenvalue weighted by molar-refractivity contribution is -0.137. The molecule has 0 aliphatic carbocycles. The molecule has 1 aromatic rings. The smallest absolute Gasteiger partial charge is 0.335 e. The van der Waals surface area contributed by atoms with Crippen molar-refractivity contribution < 1.29 is 24.5 Å². The summed E-state index contributed by atoms with van der Waals surface area (Å²) in [6.45, 7) is 0.337. The molecular formula is C12H13NO5. The molecule has 6 heteroatoms. The Bertz CT molecular complexity index is 485. The molecule has 1 unspecified atom stereocenters. The summed E-state index contributed by atoms with van der Waals surface area (Å²) in [6, 6.07) is 4.50. The number of hydrogen-bond donors (Lipinski definition) is 3. The van der Waals surface area contributed by atoms with Crippen molar-refractivity contribution >= 4 is 17.6 Å². The van der Waals surface area contributed by atoms with Crippen LogP contribution >= 0.6 is 0 Å². The van der Waals surface area contributed by atoms with Crippen LogP contribution in [-0.4, -0.2) is 34.8 Å². The molecule has 0 fully saturated rings. The molecule has 96 valence electrons. The number of ether oxygens (including phenoxy) is 1. The Balaban J connectivity index is 2.06. The van der Waals surface area contributed by atoms with E-state index in [0.717, 1.165) is 0 Å². The van der Waals surface area contributed by atoms with Crippen LogP contribution in [0.3, 0.4) is 0 Å². The summed E-state index contributed by atoms with van der Waals surface area (Å²) in [5, 5.41) is 20.6. The van der Waals surface area contributed by atoms with E-state index in [1.165, 1.54) is 12.1 Å². The van der Waals surface area contributed by atoms with Crippen LogP contribution in [0.5, 0.6) is 5.75 Å². The van der Waals surface area contributed by atoms with Gasteiger partial charge in [0.2, 0.25) is 0 Å². The average molecular weight is 251 g/mol. The zero-order valence-corrected chi connectivity index (χ0v) is 9.55. The first-order valence-corrected chi connectivity index (χ1v) is 5.55. The van der Waals surface area contributed by atoms with Crippen molar-refractivity contribution in [1.29, 1.82) is 0 Å². The van der Waals surface area contributed by atoms with Crippen molar-refractivity contribution in [1.82, 2.24) is 0 Å². The number of rotatable bonds is 4. The Morgan fingerprint density at radius 1 is 1.39 bits per heavy atom. The number of carboxylic acids is 2. The number of aromatic carboxylic acids is 1. The van der Waals surface area contributed by atoms with E-state index in [1.54, 1.807) is 6.07 Å². The van der Waals surface area contributed by atoms with Gasteiger partial charge >= 0.3 is 11.9 Å². The Kier molecular flexibility index (Phi) is 3.36. The van der Waals surface area contributed by atoms with E-state index in [2.05, 4.69) is 5.32 Å². The number of nitrogens with one attached hydrogen (secondary N) is 1. The topological polar surface area (TPSA) is 95.9 Å². The van der Waals surface area contributed by atoms with Gasteiger partial charge in [0.25, 0.3) is 0 Å². The van der Waals surface area contributed by atoms with Gasteiger partial charge < -0.3 is 20.3 Å². The number of carboxylic acid groups (broad SMARTS) is 2. The van der Waals surface area contributed by atoms with E-state index in [9.17, 15) is 9.59 Å². The second-order valence-corrected chi connectivity index (χ2v) is 4.10. The Morgan fingerprint density at radius 3 is 2.83 bits per heavy atom. The first kappa shape index (κ1) is 12.2. The molecular weight excluding hydrogens is 238 g/mol. The normalized spacial score (nSPS) is 17.2. The molecule has 1 aliphatic heterocycles. The van der Waals surface area contributed by atoms with E-state index in [-0.39, 0.29) is 18.0 Å². The van der Waals surface area contributed by atoms with Crippen molar-refractivity contribution in [2.45, 2.75) is 18.9 Å². The zero-order valence-electron chi connectivity index (χ0n) is 9.55. The summed E-state index contributed by atoms with van der Waals surface area (Å²) in [7, 11) is 0. The third kappa shape index (κ3) is 2.71. The van der Waals surface area contributed by atoms with Gasteiger partial charge in [-0.05, 0) is 24.6 Å². The number of fused-ring (bicyclic) bond motifs is 1. The first-order valence-electron chi connectivity index (χ1n) is 5.55. The van der Waals surface area contributed by atoms with Gasteiger partial charge in [-0.25, -0.2) is 4.79 Å². The van der Waals surface area contributed by atoms with Crippen LogP contribution in [0.4, 0.5) is 5.69 Å². The number of aliphatic carboxylic acids is 1. The minimum atomic E-state index is -1.01. The lowest BCUT2D eigenvalue weighted by Crippen LogP contribution is -2.32. The quantitative estimate of drug-likeness (QED) is 0.749. The molecule has 0 saturated heterocycles. The van der Waals surface area contributed by atoms with Gasteiger partial charge in [-0.2, -0.15) is 0 Å². The van der Waals surface area contributed by atoms with Gasteiger partial charge in [0, 0.05) is 6.42 Å². The molecule has 0 saturated carbocycles. The minimum Gasteiger partial charge on any atom is -0.489 e. The van der Waals surface area contributed by atoms with Crippen LogP contribution in [0.15, 0.2) is 18.2 Å². The molecule has 1 aromatic carbocycles. The number of benzene rings is 1. The summed E-state index contributed by atoms with van der Waals surface area (Å²) in [4.78, 5) is 21.3. The van der Waals surface area contributed by atoms with E-state index < -0.39 is 11.9 Å². The van der Waals surface area contributed by atoms with Crippen molar-refractivity contribution in [2.24, 2.45) is 0 Å². The number of hydrogen-bond acceptors (Lipinski definition) is 4. The zero-order chi connectivity index (χ0) is 13.1. The molecule has 0 amide bonds. The molecule has 1 atom stereocenters. The predicted molar refractivity (Wildman–Crippen MR) is 63.2 cm³/mol. The maximum absolute atomic E-state index is 10.8. The molecule has 0 spiro atoms. The first-order chi connectivity index (χ1) is 8.56. The lowest BCUT2D eigenvalue weighted by Gasteiger charge is -2.27. The fourth-order valence-electron chi connectivity index (χ4n) is 1.80. The van der Waals surface area contributed by atoms with Crippen molar-refractivity contribution in [2.75, 3.05) is 11.9 Å². The molecule has 0 bridgehead atoms. The predicted octanol–water partition coefficient (Wildman–Crippen LogP) is 1.42. The maximum atomic E-state index is 10.8. The largest absolute Gasteiger partial charge is 0.489 e. The molecule has 3 N–H and O–H groups in total. The molecule has 1 aliphatic rings. The number of carbonyl (C=O) groups is 2. The van der Waals surface area contributed by atoms with E-state index >= 15 is 0 Å². The van der Waals surface area contributed by atoms with Crippen LogP contribution in [0, 0.1) is 0 Å². The second-order valence-electron chi connectivity index (χ2n) is 4.10. The fraction of sp³-hybridized carbons (Fsp3) is 0.333. The highest BCUT2D eigenvalue weighted by molar-refractivity contribution is 5.89. The van der Waals surface area contributed by atoms with Crippen LogP contribution in [0.1, 0.15) is 23.2 Å². The average Bonchev–Trinajstić information content (AvgIpc) is 2.35. The molecule has 6 nitrogen and oxygen atoms in total. The summed E-state index contributed by atoms with van der Waals surface area (Å²) >= 11 is 0. The summed E-state index contributed by atoms with van der Waals surface area (Å²) in [6.07, 6.45) is 0.541. The highest BCUT2D eigenvalue weighted by Gasteiger charge is 2.20. The van der Waals surface area contributed by atoms with Crippen LogP contribution in [-0.2, 0) is 4.79 Å². The van der Waals surface area contributed by atoms with Gasteiger partial charge in [-0.1, -0.05) is 0 Å². The number of anilines is 1. The van der Waals surface area contributed by atoms with Crippen LogP contribution in [0.25, 0.3) is 0 Å². The third-order valence-corrected chi connectivity index (χ3v) is 2.73. The highest BCUT2D eigenvalue weighted by Crippen LogP contribution is 2.30. The molecule has 2 rings (SSSR count). The van der Waals surface area contributed by atoms with E-state index in [1.807, 2.05) is 0 Å². The van der Waals surface area contributed by atoms with Crippen molar-refractivity contribution in [3.05, 3.63) is 23.8 Å². The van der Waals surface area contributed by atoms with E-state index in [0.29, 0.717) is 24.5 Å². The summed E-state index contributed by atoms with van der Waals surface area (Å²) < 4.78 is 5.44. The molecule has 0 radical (unpaired) electrons. The third-order valence-electron chi connectivity index (χ3n) is 2.73. The van der Waals surface area contributed by atoms with Gasteiger partial charge in [0.1, 0.15) is 12.4 Å². The summed E-state index contributed by atoms with van der Waals surface area (Å²) in [5.41, 5.74) is 0.862. The van der Waals surface area contributed by atoms with Crippen LogP contribution < -0.4 is 10.1 Å². The molecule has 1 heterocycles. The fourth-order valence-corrected chi connectivity index (χ4v) is 1.80. The van der Waals surface area contributed by atoms with Crippen molar-refractivity contribution in [3.8, 4) is 5.75 Å². The Hall–Kier alpha value is -2.24. The van der Waals surface area contributed by atoms with Gasteiger partial charge in [0.05, 0.1) is 17.3 Å². The Morgan fingerprint density at radius 2 is 2.17 bits per heavy atom. The highest BCUT2D eigenvalue weighted by atomic mass is 16.5. The summed E-state index contributed by atoms with van der Waals surface area (Å²) in [5.74, 6) is -1.36. The second kappa shape index (κ2) is 4.95. The van der Waals surface area contributed by atoms with Gasteiger partial charge in [-0.3, -0.25) is 4.79 Å². The van der Waals surface area contributed by atoms with Gasteiger partial charge in [0.15, 0.2) is 0 Å². The maximum Gasteiger partial charge on any atom is 0.335 e. The standard InChI is InChI=1S/C12H13NO5/c14-11(15)4-2-8-6-18-10-5-7(12(16)17)1-3-9(10)13-8/h1,3,5,8,13H,2,4,6H2,(H,14,15)(H,16,17). The van der Waals surface area contributed by atoms with Crippen LogP contribution in [0.2, 0.25) is 0 Å². The Labute approximate surface area is 103 Å². The lowest BCUT2D eigenvalue weighted by atomic mass is 10.1. The molecule has 18 heavy (non-hydrogen) atoms. The van der Waals surface area contributed by atoms with E-state index in [4.69, 9.17) is 14.9 Å². The SMILES string of the molecule is O=C(O)CCC1COc2cc(C(=O)O)ccc2N1. The van der Waals surface area contributed by atoms with Gasteiger partial charge in [-0.15, -0.1) is 0 Å². The minimum absolute atomic E-state index is 0.0655. The monoisotopic (exact) mass is 251 g/mol. The van der Waals surface area contributed by atoms with Crippen molar-refractivity contribution in [3.63, 3.8) is 0 Å². The molecule has 0 aromatic heterocycles.